The number of benzene rings is 1. The number of carbonyl (C=O) groups is 1. The smallest absolute Gasteiger partial charge is 0.310 e. The summed E-state index contributed by atoms with van der Waals surface area (Å²) >= 11 is 0. The molecule has 2 nitrogen and oxygen atoms in total. The Labute approximate surface area is 95.6 Å². The fourth-order valence-electron chi connectivity index (χ4n) is 2.25. The van der Waals surface area contributed by atoms with E-state index in [1.165, 1.54) is 11.1 Å². The fourth-order valence-corrected chi connectivity index (χ4v) is 2.25. The summed E-state index contributed by atoms with van der Waals surface area (Å²) in [6.45, 7) is 3.82. The molecule has 1 N–H and O–H groups in total. The van der Waals surface area contributed by atoms with Gasteiger partial charge in [-0.05, 0) is 43.4 Å². The molecule has 2 rings (SSSR count). The van der Waals surface area contributed by atoms with E-state index in [0.717, 1.165) is 24.0 Å². The quantitative estimate of drug-likeness (QED) is 0.825. The van der Waals surface area contributed by atoms with Gasteiger partial charge in [-0.25, -0.2) is 0 Å². The van der Waals surface area contributed by atoms with Gasteiger partial charge in [0.2, 0.25) is 0 Å². The number of carboxylic acids is 1. The summed E-state index contributed by atoms with van der Waals surface area (Å²) in [6.07, 6.45) is 4.03. The van der Waals surface area contributed by atoms with Gasteiger partial charge in [0.25, 0.3) is 0 Å². The molecule has 0 amide bonds. The topological polar surface area (TPSA) is 37.3 Å². The summed E-state index contributed by atoms with van der Waals surface area (Å²) in [6, 6.07) is 6.26. The van der Waals surface area contributed by atoms with Crippen LogP contribution in [0.3, 0.4) is 0 Å². The molecule has 1 unspecified atom stereocenters. The molecule has 16 heavy (non-hydrogen) atoms. The van der Waals surface area contributed by atoms with E-state index in [9.17, 15) is 4.79 Å². The SMILES string of the molecule is Cc1ccc2c(c1)CCC=C2C(C)C(=O)O. The molecule has 0 fully saturated rings. The summed E-state index contributed by atoms with van der Waals surface area (Å²) in [5.41, 5.74) is 4.61. The zero-order valence-corrected chi connectivity index (χ0v) is 9.66. The Balaban J connectivity index is 2.44. The molecule has 0 radical (unpaired) electrons. The summed E-state index contributed by atoms with van der Waals surface area (Å²) in [7, 11) is 0. The molecule has 1 atom stereocenters. The second-order valence-electron chi connectivity index (χ2n) is 4.42. The van der Waals surface area contributed by atoms with Crippen molar-refractivity contribution < 1.29 is 9.90 Å². The zero-order chi connectivity index (χ0) is 11.7. The first-order valence-corrected chi connectivity index (χ1v) is 5.62. The number of allylic oxidation sites excluding steroid dienone is 1. The first kappa shape index (κ1) is 10.9. The highest BCUT2D eigenvalue weighted by atomic mass is 16.4. The van der Waals surface area contributed by atoms with Crippen LogP contribution >= 0.6 is 0 Å². The number of hydrogen-bond acceptors (Lipinski definition) is 1. The lowest BCUT2D eigenvalue weighted by Crippen LogP contribution is -2.14. The van der Waals surface area contributed by atoms with Crippen molar-refractivity contribution in [3.8, 4) is 0 Å². The maximum atomic E-state index is 11.0. The van der Waals surface area contributed by atoms with Crippen LogP contribution < -0.4 is 0 Å². The predicted molar refractivity (Wildman–Crippen MR) is 64.3 cm³/mol. The number of fused-ring (bicyclic) bond motifs is 1. The summed E-state index contributed by atoms with van der Waals surface area (Å²) in [4.78, 5) is 11.0. The van der Waals surface area contributed by atoms with E-state index in [0.29, 0.717) is 0 Å². The second kappa shape index (κ2) is 4.12. The Morgan fingerprint density at radius 3 is 2.88 bits per heavy atom. The lowest BCUT2D eigenvalue weighted by molar-refractivity contribution is -0.139. The van der Waals surface area contributed by atoms with Crippen molar-refractivity contribution in [3.63, 3.8) is 0 Å². The lowest BCUT2D eigenvalue weighted by atomic mass is 9.84. The molecule has 0 aromatic heterocycles. The van der Waals surface area contributed by atoms with Gasteiger partial charge in [0, 0.05) is 0 Å². The molecule has 1 aliphatic carbocycles. The van der Waals surface area contributed by atoms with Crippen LogP contribution in [-0.4, -0.2) is 11.1 Å². The Kier molecular flexibility index (Phi) is 2.82. The highest BCUT2D eigenvalue weighted by molar-refractivity contribution is 5.88. The van der Waals surface area contributed by atoms with Gasteiger partial charge < -0.3 is 5.11 Å². The average Bonchev–Trinajstić information content (AvgIpc) is 2.26. The maximum Gasteiger partial charge on any atom is 0.310 e. The van der Waals surface area contributed by atoms with E-state index in [1.54, 1.807) is 6.92 Å². The Hall–Kier alpha value is -1.57. The van der Waals surface area contributed by atoms with Crippen LogP contribution in [0, 0.1) is 12.8 Å². The number of rotatable bonds is 2. The molecule has 0 aliphatic heterocycles. The van der Waals surface area contributed by atoms with E-state index < -0.39 is 11.9 Å². The molecular formula is C14H16O2. The van der Waals surface area contributed by atoms with Crippen LogP contribution in [0.1, 0.15) is 30.0 Å². The molecule has 0 heterocycles. The van der Waals surface area contributed by atoms with Gasteiger partial charge in [-0.2, -0.15) is 0 Å². The Morgan fingerprint density at radius 2 is 2.19 bits per heavy atom. The van der Waals surface area contributed by atoms with E-state index in [-0.39, 0.29) is 0 Å². The number of hydrogen-bond donors (Lipinski definition) is 1. The van der Waals surface area contributed by atoms with E-state index in [4.69, 9.17) is 5.11 Å². The number of carboxylic acid groups (broad SMARTS) is 1. The highest BCUT2D eigenvalue weighted by Crippen LogP contribution is 2.32. The highest BCUT2D eigenvalue weighted by Gasteiger charge is 2.22. The third-order valence-corrected chi connectivity index (χ3v) is 3.19. The standard InChI is InChI=1S/C14H16O2/c1-9-6-7-13-11(8-9)4-3-5-12(13)10(2)14(15)16/h5-8,10H,3-4H2,1-2H3,(H,15,16). The van der Waals surface area contributed by atoms with Gasteiger partial charge in [-0.1, -0.05) is 29.8 Å². The van der Waals surface area contributed by atoms with Crippen LogP contribution in [-0.2, 0) is 11.2 Å². The van der Waals surface area contributed by atoms with E-state index >= 15 is 0 Å². The molecule has 1 aliphatic rings. The van der Waals surface area contributed by atoms with Crippen LogP contribution in [0.5, 0.6) is 0 Å². The van der Waals surface area contributed by atoms with Crippen molar-refractivity contribution in [2.75, 3.05) is 0 Å². The zero-order valence-electron chi connectivity index (χ0n) is 9.66. The predicted octanol–water partition coefficient (Wildman–Crippen LogP) is 3.05. The van der Waals surface area contributed by atoms with Gasteiger partial charge in [0.15, 0.2) is 0 Å². The molecule has 84 valence electrons. The van der Waals surface area contributed by atoms with Gasteiger partial charge in [0.05, 0.1) is 5.92 Å². The van der Waals surface area contributed by atoms with Crippen LogP contribution in [0.4, 0.5) is 0 Å². The molecule has 1 aromatic carbocycles. The van der Waals surface area contributed by atoms with Crippen LogP contribution in [0.2, 0.25) is 0 Å². The maximum absolute atomic E-state index is 11.0. The molecule has 0 spiro atoms. The van der Waals surface area contributed by atoms with Gasteiger partial charge in [-0.15, -0.1) is 0 Å². The molecule has 0 saturated carbocycles. The van der Waals surface area contributed by atoms with Gasteiger partial charge in [0.1, 0.15) is 0 Å². The van der Waals surface area contributed by atoms with E-state index in [1.807, 2.05) is 6.07 Å². The van der Waals surface area contributed by atoms with Crippen molar-refractivity contribution >= 4 is 11.5 Å². The molecule has 0 saturated heterocycles. The summed E-state index contributed by atoms with van der Waals surface area (Å²) in [5.74, 6) is -1.17. The normalized spacial score (nSPS) is 16.2. The van der Waals surface area contributed by atoms with Crippen LogP contribution in [0.25, 0.3) is 5.57 Å². The first-order valence-electron chi connectivity index (χ1n) is 5.62. The minimum atomic E-state index is -0.750. The Morgan fingerprint density at radius 1 is 1.44 bits per heavy atom. The second-order valence-corrected chi connectivity index (χ2v) is 4.42. The number of aliphatic carboxylic acids is 1. The van der Waals surface area contributed by atoms with E-state index in [2.05, 4.69) is 25.1 Å². The summed E-state index contributed by atoms with van der Waals surface area (Å²) in [5, 5.41) is 9.07. The Bertz CT molecular complexity index is 458. The van der Waals surface area contributed by atoms with Crippen LogP contribution in [0.15, 0.2) is 24.3 Å². The molecule has 0 bridgehead atoms. The lowest BCUT2D eigenvalue weighted by Gasteiger charge is -2.21. The third-order valence-electron chi connectivity index (χ3n) is 3.19. The minimum absolute atomic E-state index is 0.415. The van der Waals surface area contributed by atoms with Crippen molar-refractivity contribution in [1.29, 1.82) is 0 Å². The number of aryl methyl sites for hydroxylation is 2. The minimum Gasteiger partial charge on any atom is -0.481 e. The van der Waals surface area contributed by atoms with Gasteiger partial charge in [-0.3, -0.25) is 4.79 Å². The van der Waals surface area contributed by atoms with Gasteiger partial charge >= 0.3 is 5.97 Å². The van der Waals surface area contributed by atoms with Crippen molar-refractivity contribution in [2.45, 2.75) is 26.7 Å². The first-order chi connectivity index (χ1) is 7.59. The fraction of sp³-hybridized carbons (Fsp3) is 0.357. The largest absolute Gasteiger partial charge is 0.481 e. The molecular weight excluding hydrogens is 200 g/mol. The van der Waals surface area contributed by atoms with Crippen molar-refractivity contribution in [3.05, 3.63) is 41.0 Å². The molecule has 2 heteroatoms. The third kappa shape index (κ3) is 1.87. The van der Waals surface area contributed by atoms with Crippen molar-refractivity contribution in [2.24, 2.45) is 5.92 Å². The summed E-state index contributed by atoms with van der Waals surface area (Å²) < 4.78 is 0. The average molecular weight is 216 g/mol. The molecule has 1 aromatic rings. The monoisotopic (exact) mass is 216 g/mol. The van der Waals surface area contributed by atoms with Crippen molar-refractivity contribution in [1.82, 2.24) is 0 Å².